The minimum Gasteiger partial charge on any atom is -0.456 e. The summed E-state index contributed by atoms with van der Waals surface area (Å²) in [7, 11) is 0. The van der Waals surface area contributed by atoms with Gasteiger partial charge < -0.3 is 10.1 Å². The third-order valence-electron chi connectivity index (χ3n) is 3.69. The lowest BCUT2D eigenvalue weighted by molar-refractivity contribution is -0.147. The normalized spacial score (nSPS) is 11.8. The second-order valence-electron chi connectivity index (χ2n) is 5.74. The molecule has 0 bridgehead atoms. The van der Waals surface area contributed by atoms with Crippen LogP contribution in [0.15, 0.2) is 24.3 Å². The maximum Gasteiger partial charge on any atom is 0.329 e. The van der Waals surface area contributed by atoms with E-state index >= 15 is 0 Å². The Morgan fingerprint density at radius 3 is 2.74 bits per heavy atom. The molecule has 0 aliphatic heterocycles. The molecule has 1 aromatic heterocycles. The molecule has 0 fully saturated rings. The van der Waals surface area contributed by atoms with Gasteiger partial charge in [0.2, 0.25) is 0 Å². The molecular formula is C17H22ClN5O3S. The van der Waals surface area contributed by atoms with Crippen molar-refractivity contribution in [2.45, 2.75) is 39.0 Å². The van der Waals surface area contributed by atoms with Gasteiger partial charge in [-0.05, 0) is 59.5 Å². The average Bonchev–Trinajstić information content (AvgIpc) is 3.11. The predicted octanol–water partition coefficient (Wildman–Crippen LogP) is 2.33. The van der Waals surface area contributed by atoms with Crippen LogP contribution in [0.2, 0.25) is 5.02 Å². The van der Waals surface area contributed by atoms with Crippen LogP contribution in [0.25, 0.3) is 0 Å². The van der Waals surface area contributed by atoms with Gasteiger partial charge in [-0.3, -0.25) is 4.79 Å². The molecule has 0 aliphatic rings. The lowest BCUT2D eigenvalue weighted by Crippen LogP contribution is -2.42. The topological polar surface area (TPSA) is 99.0 Å². The average molecular weight is 412 g/mol. The number of esters is 1. The summed E-state index contributed by atoms with van der Waals surface area (Å²) in [5.41, 5.74) is 0.424. The number of carbonyl (C=O) groups is 2. The molecule has 0 saturated carbocycles. The van der Waals surface area contributed by atoms with E-state index < -0.39 is 12.0 Å². The van der Waals surface area contributed by atoms with E-state index in [1.165, 1.54) is 0 Å². The number of tetrazole rings is 1. The SMILES string of the molecule is CCCn1nnnc1COC(=O)[C@H](CCSC)NC(=O)c1ccc(Cl)cc1. The minimum absolute atomic E-state index is 0.0432. The van der Waals surface area contributed by atoms with E-state index in [0.29, 0.717) is 35.1 Å². The maximum atomic E-state index is 12.5. The number of hydrogen-bond acceptors (Lipinski definition) is 7. The lowest BCUT2D eigenvalue weighted by atomic mass is 10.1. The summed E-state index contributed by atoms with van der Waals surface area (Å²) < 4.78 is 6.93. The fourth-order valence-corrected chi connectivity index (χ4v) is 2.87. The van der Waals surface area contributed by atoms with Crippen LogP contribution in [-0.2, 0) is 22.7 Å². The molecule has 0 spiro atoms. The van der Waals surface area contributed by atoms with Crippen molar-refractivity contribution in [2.24, 2.45) is 0 Å². The second-order valence-corrected chi connectivity index (χ2v) is 7.16. The Bertz CT molecular complexity index is 753. The predicted molar refractivity (Wildman–Crippen MR) is 104 cm³/mol. The monoisotopic (exact) mass is 411 g/mol. The number of halogens is 1. The van der Waals surface area contributed by atoms with Crippen molar-refractivity contribution in [3.05, 3.63) is 40.7 Å². The number of nitrogens with zero attached hydrogens (tertiary/aromatic N) is 4. The highest BCUT2D eigenvalue weighted by molar-refractivity contribution is 7.98. The van der Waals surface area contributed by atoms with Crippen molar-refractivity contribution in [1.29, 1.82) is 0 Å². The Morgan fingerprint density at radius 2 is 2.07 bits per heavy atom. The van der Waals surface area contributed by atoms with Crippen LogP contribution in [-0.4, -0.2) is 50.1 Å². The Morgan fingerprint density at radius 1 is 1.33 bits per heavy atom. The molecule has 0 unspecified atom stereocenters. The van der Waals surface area contributed by atoms with Gasteiger partial charge in [-0.25, -0.2) is 9.48 Å². The fourth-order valence-electron chi connectivity index (χ4n) is 2.28. The zero-order chi connectivity index (χ0) is 19.6. The van der Waals surface area contributed by atoms with Gasteiger partial charge in [0.1, 0.15) is 6.04 Å². The number of ether oxygens (including phenoxy) is 1. The highest BCUT2D eigenvalue weighted by Gasteiger charge is 2.23. The number of carbonyl (C=O) groups excluding carboxylic acids is 2. The molecule has 146 valence electrons. The molecule has 1 amide bonds. The molecule has 0 saturated heterocycles. The van der Waals surface area contributed by atoms with Crippen molar-refractivity contribution in [1.82, 2.24) is 25.5 Å². The summed E-state index contributed by atoms with van der Waals surface area (Å²) in [6.45, 7) is 2.60. The van der Waals surface area contributed by atoms with Gasteiger partial charge in [0.05, 0.1) is 0 Å². The summed E-state index contributed by atoms with van der Waals surface area (Å²) in [6, 6.07) is 5.70. The van der Waals surface area contributed by atoms with E-state index in [1.54, 1.807) is 40.7 Å². The van der Waals surface area contributed by atoms with Crippen LogP contribution in [0.4, 0.5) is 0 Å². The van der Waals surface area contributed by atoms with E-state index in [1.807, 2.05) is 13.2 Å². The standard InChI is InChI=1S/C17H22ClN5O3S/c1-3-9-23-15(20-21-22-23)11-26-17(25)14(8-10-27-2)19-16(24)12-4-6-13(18)7-5-12/h4-7,14H,3,8-11H2,1-2H3,(H,19,24)/t14-/m0/s1. The number of nitrogens with one attached hydrogen (secondary N) is 1. The smallest absolute Gasteiger partial charge is 0.329 e. The van der Waals surface area contributed by atoms with Crippen molar-refractivity contribution < 1.29 is 14.3 Å². The molecule has 0 radical (unpaired) electrons. The molecule has 8 nitrogen and oxygen atoms in total. The van der Waals surface area contributed by atoms with E-state index in [9.17, 15) is 9.59 Å². The Kier molecular flexibility index (Phi) is 8.53. The third kappa shape index (κ3) is 6.51. The molecule has 10 heteroatoms. The van der Waals surface area contributed by atoms with Gasteiger partial charge in [-0.2, -0.15) is 11.8 Å². The first-order valence-corrected chi connectivity index (χ1v) is 10.3. The van der Waals surface area contributed by atoms with Crippen LogP contribution < -0.4 is 5.32 Å². The van der Waals surface area contributed by atoms with Crippen molar-refractivity contribution in [3.8, 4) is 0 Å². The molecule has 1 aromatic carbocycles. The lowest BCUT2D eigenvalue weighted by Gasteiger charge is -2.17. The van der Waals surface area contributed by atoms with Gasteiger partial charge in [0.15, 0.2) is 12.4 Å². The van der Waals surface area contributed by atoms with Crippen LogP contribution in [0.1, 0.15) is 35.9 Å². The first-order valence-electron chi connectivity index (χ1n) is 8.52. The first kappa shape index (κ1) is 21.2. The second kappa shape index (κ2) is 10.9. The van der Waals surface area contributed by atoms with E-state index in [-0.39, 0.29) is 12.5 Å². The number of hydrogen-bond donors (Lipinski definition) is 1. The van der Waals surface area contributed by atoms with Crippen LogP contribution in [0, 0.1) is 0 Å². The third-order valence-corrected chi connectivity index (χ3v) is 4.59. The number of aryl methyl sites for hydroxylation is 1. The van der Waals surface area contributed by atoms with Crippen molar-refractivity contribution >= 4 is 35.2 Å². The summed E-state index contributed by atoms with van der Waals surface area (Å²) >= 11 is 7.42. The van der Waals surface area contributed by atoms with Gasteiger partial charge in [0.25, 0.3) is 5.91 Å². The first-order chi connectivity index (χ1) is 13.0. The fraction of sp³-hybridized carbons (Fsp3) is 0.471. The van der Waals surface area contributed by atoms with E-state index in [2.05, 4.69) is 20.8 Å². The van der Waals surface area contributed by atoms with Crippen LogP contribution in [0.3, 0.4) is 0 Å². The molecule has 27 heavy (non-hydrogen) atoms. The summed E-state index contributed by atoms with van der Waals surface area (Å²) in [6.07, 6.45) is 3.25. The molecule has 1 N–H and O–H groups in total. The minimum atomic E-state index is -0.754. The molecule has 2 aromatic rings. The summed E-state index contributed by atoms with van der Waals surface area (Å²) in [5.74, 6) is 0.301. The molecule has 1 heterocycles. The van der Waals surface area contributed by atoms with E-state index in [4.69, 9.17) is 16.3 Å². The number of rotatable bonds is 10. The van der Waals surface area contributed by atoms with Crippen LogP contribution >= 0.6 is 23.4 Å². The molecular weight excluding hydrogens is 390 g/mol. The Labute approximate surface area is 167 Å². The summed E-state index contributed by atoms with van der Waals surface area (Å²) in [5, 5.41) is 14.6. The number of aromatic nitrogens is 4. The highest BCUT2D eigenvalue weighted by atomic mass is 35.5. The van der Waals surface area contributed by atoms with Crippen LogP contribution in [0.5, 0.6) is 0 Å². The highest BCUT2D eigenvalue weighted by Crippen LogP contribution is 2.11. The number of amides is 1. The van der Waals surface area contributed by atoms with Gasteiger partial charge in [0, 0.05) is 17.1 Å². The van der Waals surface area contributed by atoms with Gasteiger partial charge in [-0.1, -0.05) is 18.5 Å². The van der Waals surface area contributed by atoms with Gasteiger partial charge in [-0.15, -0.1) is 5.10 Å². The number of benzene rings is 1. The zero-order valence-electron chi connectivity index (χ0n) is 15.2. The number of thioether (sulfide) groups is 1. The quantitative estimate of drug-likeness (QED) is 0.599. The molecule has 0 aliphatic carbocycles. The van der Waals surface area contributed by atoms with Crippen molar-refractivity contribution in [2.75, 3.05) is 12.0 Å². The molecule has 2 rings (SSSR count). The Hall–Kier alpha value is -2.13. The van der Waals surface area contributed by atoms with Gasteiger partial charge >= 0.3 is 5.97 Å². The zero-order valence-corrected chi connectivity index (χ0v) is 16.8. The molecule has 1 atom stereocenters. The van der Waals surface area contributed by atoms with E-state index in [0.717, 1.165) is 6.42 Å². The largest absolute Gasteiger partial charge is 0.456 e. The van der Waals surface area contributed by atoms with Crippen molar-refractivity contribution in [3.63, 3.8) is 0 Å². The Balaban J connectivity index is 1.99. The summed E-state index contributed by atoms with van der Waals surface area (Å²) in [4.78, 5) is 24.9. The maximum absolute atomic E-state index is 12.5.